The largest absolute Gasteiger partial charge is 0.352 e. The van der Waals surface area contributed by atoms with E-state index in [1.165, 1.54) is 18.5 Å². The van der Waals surface area contributed by atoms with Crippen LogP contribution in [-0.4, -0.2) is 17.4 Å². The number of para-hydroxylation sites is 1. The number of amides is 1. The first kappa shape index (κ1) is 18.0. The van der Waals surface area contributed by atoms with E-state index in [-0.39, 0.29) is 11.6 Å². The van der Waals surface area contributed by atoms with Crippen molar-refractivity contribution in [2.75, 3.05) is 16.8 Å². The quantitative estimate of drug-likeness (QED) is 0.659. The molecule has 0 saturated carbocycles. The number of hydrogen-bond donors (Lipinski definition) is 1. The maximum atomic E-state index is 13.9. The number of hydrogen-bond acceptors (Lipinski definition) is 3. The number of aromatic nitrogens is 1. The molecule has 0 aliphatic carbocycles. The molecule has 2 heterocycles. The number of fused-ring (bicyclic) bond motifs is 1. The van der Waals surface area contributed by atoms with Gasteiger partial charge in [0.05, 0.1) is 23.1 Å². The van der Waals surface area contributed by atoms with Crippen molar-refractivity contribution in [2.45, 2.75) is 12.8 Å². The van der Waals surface area contributed by atoms with Crippen LogP contribution in [0.3, 0.4) is 0 Å². The predicted octanol–water partition coefficient (Wildman–Crippen LogP) is 4.84. The van der Waals surface area contributed by atoms with Gasteiger partial charge in [0.1, 0.15) is 0 Å². The van der Waals surface area contributed by atoms with Gasteiger partial charge in [-0.2, -0.15) is 0 Å². The number of carbonyl (C=O) groups excluding carboxylic acids is 1. The van der Waals surface area contributed by atoms with Crippen LogP contribution in [0.4, 0.5) is 30.2 Å². The summed E-state index contributed by atoms with van der Waals surface area (Å²) in [5.41, 5.74) is 2.33. The maximum Gasteiger partial charge on any atom is 0.259 e. The van der Waals surface area contributed by atoms with Crippen molar-refractivity contribution in [3.05, 3.63) is 83.4 Å². The first-order valence-corrected chi connectivity index (χ1v) is 8.80. The van der Waals surface area contributed by atoms with Crippen molar-refractivity contribution in [3.8, 4) is 0 Å². The van der Waals surface area contributed by atoms with E-state index in [1.54, 1.807) is 4.90 Å². The molecule has 0 bridgehead atoms. The molecule has 0 unspecified atom stereocenters. The average molecular weight is 383 g/mol. The molecule has 1 aliphatic rings. The Kier molecular flexibility index (Phi) is 4.73. The van der Waals surface area contributed by atoms with Gasteiger partial charge in [-0.05, 0) is 42.7 Å². The van der Waals surface area contributed by atoms with Gasteiger partial charge in [-0.15, -0.1) is 0 Å². The van der Waals surface area contributed by atoms with Gasteiger partial charge in [0, 0.05) is 18.4 Å². The minimum absolute atomic E-state index is 0.228. The molecule has 0 radical (unpaired) electrons. The lowest BCUT2D eigenvalue weighted by Gasteiger charge is -2.29. The third-order valence-electron chi connectivity index (χ3n) is 4.65. The van der Waals surface area contributed by atoms with Crippen LogP contribution >= 0.6 is 0 Å². The predicted molar refractivity (Wildman–Crippen MR) is 100 cm³/mol. The fourth-order valence-electron chi connectivity index (χ4n) is 3.30. The van der Waals surface area contributed by atoms with Crippen molar-refractivity contribution in [2.24, 2.45) is 0 Å². The van der Waals surface area contributed by atoms with Crippen LogP contribution < -0.4 is 10.2 Å². The van der Waals surface area contributed by atoms with E-state index in [1.807, 2.05) is 24.3 Å². The van der Waals surface area contributed by atoms with Crippen molar-refractivity contribution in [1.82, 2.24) is 4.98 Å². The second-order valence-corrected chi connectivity index (χ2v) is 6.50. The molecule has 1 amide bonds. The summed E-state index contributed by atoms with van der Waals surface area (Å²) in [6.45, 7) is 0.589. The molecule has 0 fully saturated rings. The molecule has 28 heavy (non-hydrogen) atoms. The molecule has 7 heteroatoms. The number of halogens is 3. The lowest BCUT2D eigenvalue weighted by molar-refractivity contribution is 0.0985. The molecular weight excluding hydrogens is 367 g/mol. The standard InChI is InChI=1S/C21H16F3N3O/c22-16-7-8-17(20(24)19(16)23)26-15-10-14(11-25-12-15)21(28)27-9-3-5-13-4-1-2-6-18(13)27/h1-2,4,6-8,10-12,26H,3,5,9H2. The minimum Gasteiger partial charge on any atom is -0.352 e. The summed E-state index contributed by atoms with van der Waals surface area (Å²) in [6, 6.07) is 11.1. The highest BCUT2D eigenvalue weighted by Crippen LogP contribution is 2.29. The maximum absolute atomic E-state index is 13.9. The molecule has 0 spiro atoms. The highest BCUT2D eigenvalue weighted by atomic mass is 19.2. The molecule has 4 rings (SSSR count). The number of nitrogens with one attached hydrogen (secondary N) is 1. The van der Waals surface area contributed by atoms with E-state index < -0.39 is 17.5 Å². The number of anilines is 3. The number of carbonyl (C=O) groups is 1. The average Bonchev–Trinajstić information content (AvgIpc) is 2.73. The summed E-state index contributed by atoms with van der Waals surface area (Å²) < 4.78 is 40.4. The molecule has 1 N–H and O–H groups in total. The van der Waals surface area contributed by atoms with Crippen molar-refractivity contribution >= 4 is 23.0 Å². The van der Waals surface area contributed by atoms with E-state index >= 15 is 0 Å². The van der Waals surface area contributed by atoms with E-state index in [2.05, 4.69) is 10.3 Å². The van der Waals surface area contributed by atoms with Gasteiger partial charge < -0.3 is 10.2 Å². The number of pyridine rings is 1. The summed E-state index contributed by atoms with van der Waals surface area (Å²) in [7, 11) is 0. The third-order valence-corrected chi connectivity index (χ3v) is 4.65. The fraction of sp³-hybridized carbons (Fsp3) is 0.143. The van der Waals surface area contributed by atoms with Crippen molar-refractivity contribution in [1.29, 1.82) is 0 Å². The zero-order valence-electron chi connectivity index (χ0n) is 14.8. The summed E-state index contributed by atoms with van der Waals surface area (Å²) in [5, 5.41) is 2.64. The number of rotatable bonds is 3. The Labute approximate surface area is 159 Å². The smallest absolute Gasteiger partial charge is 0.259 e. The monoisotopic (exact) mass is 383 g/mol. The van der Waals surface area contributed by atoms with Gasteiger partial charge in [-0.25, -0.2) is 13.2 Å². The van der Waals surface area contributed by atoms with Crippen LogP contribution in [0.15, 0.2) is 54.9 Å². The van der Waals surface area contributed by atoms with Gasteiger partial charge in [-0.3, -0.25) is 9.78 Å². The molecule has 1 aliphatic heterocycles. The summed E-state index contributed by atoms with van der Waals surface area (Å²) in [4.78, 5) is 18.7. The van der Waals surface area contributed by atoms with Crippen LogP contribution in [-0.2, 0) is 6.42 Å². The van der Waals surface area contributed by atoms with E-state index in [9.17, 15) is 18.0 Å². The first-order valence-electron chi connectivity index (χ1n) is 8.80. The Balaban J connectivity index is 1.61. The van der Waals surface area contributed by atoms with Crippen molar-refractivity contribution < 1.29 is 18.0 Å². The molecule has 1 aromatic heterocycles. The molecule has 0 atom stereocenters. The second-order valence-electron chi connectivity index (χ2n) is 6.50. The molecule has 2 aromatic carbocycles. The van der Waals surface area contributed by atoms with Crippen molar-refractivity contribution in [3.63, 3.8) is 0 Å². The fourth-order valence-corrected chi connectivity index (χ4v) is 3.30. The van der Waals surface area contributed by atoms with Gasteiger partial charge >= 0.3 is 0 Å². The SMILES string of the molecule is O=C(c1cncc(Nc2ccc(F)c(F)c2F)c1)N1CCCc2ccccc21. The van der Waals surface area contributed by atoms with E-state index in [4.69, 9.17) is 0 Å². The minimum atomic E-state index is -1.56. The van der Waals surface area contributed by atoms with Crippen LogP contribution in [0, 0.1) is 17.5 Å². The number of benzene rings is 2. The molecule has 142 valence electrons. The zero-order valence-corrected chi connectivity index (χ0v) is 14.8. The van der Waals surface area contributed by atoms with Gasteiger partial charge in [0.25, 0.3) is 5.91 Å². The van der Waals surface area contributed by atoms with Gasteiger partial charge in [0.2, 0.25) is 0 Å². The summed E-state index contributed by atoms with van der Waals surface area (Å²) in [5.74, 6) is -4.39. The third kappa shape index (κ3) is 3.31. The summed E-state index contributed by atoms with van der Waals surface area (Å²) >= 11 is 0. The lowest BCUT2D eigenvalue weighted by atomic mass is 10.0. The van der Waals surface area contributed by atoms with Crippen LogP contribution in [0.2, 0.25) is 0 Å². The first-order chi connectivity index (χ1) is 13.5. The Hall–Kier alpha value is -3.35. The Morgan fingerprint density at radius 3 is 2.71 bits per heavy atom. The van der Waals surface area contributed by atoms with E-state index in [0.717, 1.165) is 36.2 Å². The summed E-state index contributed by atoms with van der Waals surface area (Å²) in [6.07, 6.45) is 4.57. The zero-order chi connectivity index (χ0) is 19.7. The normalized spacial score (nSPS) is 13.2. The van der Waals surface area contributed by atoms with Crippen LogP contribution in [0.5, 0.6) is 0 Å². The Morgan fingerprint density at radius 1 is 1.04 bits per heavy atom. The van der Waals surface area contributed by atoms with Crippen LogP contribution in [0.1, 0.15) is 22.3 Å². The lowest BCUT2D eigenvalue weighted by Crippen LogP contribution is -2.35. The second kappa shape index (κ2) is 7.34. The highest BCUT2D eigenvalue weighted by Gasteiger charge is 2.23. The van der Waals surface area contributed by atoms with Gasteiger partial charge in [-0.1, -0.05) is 18.2 Å². The number of nitrogens with zero attached hydrogens (tertiary/aromatic N) is 2. The number of aryl methyl sites for hydroxylation is 1. The molecule has 3 aromatic rings. The van der Waals surface area contributed by atoms with E-state index in [0.29, 0.717) is 17.8 Å². The van der Waals surface area contributed by atoms with Gasteiger partial charge in [0.15, 0.2) is 17.5 Å². The molecular formula is C21H16F3N3O. The molecule has 4 nitrogen and oxygen atoms in total. The Morgan fingerprint density at radius 2 is 1.86 bits per heavy atom. The topological polar surface area (TPSA) is 45.2 Å². The highest BCUT2D eigenvalue weighted by molar-refractivity contribution is 6.07. The molecule has 0 saturated heterocycles. The van der Waals surface area contributed by atoms with Crippen LogP contribution in [0.25, 0.3) is 0 Å². The Bertz CT molecular complexity index is 1050.